The van der Waals surface area contributed by atoms with E-state index < -0.39 is 6.03 Å². The molecule has 6 heteroatoms. The Bertz CT molecular complexity index is 1090. The van der Waals surface area contributed by atoms with E-state index in [0.29, 0.717) is 17.4 Å². The second kappa shape index (κ2) is 7.51. The molecule has 4 rings (SSSR count). The predicted molar refractivity (Wildman–Crippen MR) is 109 cm³/mol. The molecule has 134 valence electrons. The van der Waals surface area contributed by atoms with Crippen molar-refractivity contribution < 1.29 is 4.79 Å². The van der Waals surface area contributed by atoms with Crippen molar-refractivity contribution in [3.05, 3.63) is 89.6 Å². The van der Waals surface area contributed by atoms with E-state index in [1.165, 1.54) is 0 Å². The minimum Gasteiger partial charge on any atom is -0.307 e. The van der Waals surface area contributed by atoms with Crippen LogP contribution in [0.25, 0.3) is 10.8 Å². The smallest absolute Gasteiger partial charge is 0.307 e. The molecule has 2 N–H and O–H groups in total. The fraction of sp³-hybridized carbons (Fsp3) is 0.0476. The van der Waals surface area contributed by atoms with Crippen molar-refractivity contribution in [1.82, 2.24) is 9.78 Å². The van der Waals surface area contributed by atoms with Crippen LogP contribution in [0.3, 0.4) is 0 Å². The van der Waals surface area contributed by atoms with E-state index in [2.05, 4.69) is 15.7 Å². The van der Waals surface area contributed by atoms with Gasteiger partial charge < -0.3 is 5.32 Å². The first kappa shape index (κ1) is 17.1. The van der Waals surface area contributed by atoms with E-state index in [-0.39, 0.29) is 0 Å². The van der Waals surface area contributed by atoms with Gasteiger partial charge in [0.05, 0.1) is 12.2 Å². The number of benzene rings is 3. The maximum Gasteiger partial charge on any atom is 0.324 e. The third-order valence-electron chi connectivity index (χ3n) is 4.17. The Labute approximate surface area is 161 Å². The number of carbonyl (C=O) groups is 1. The highest BCUT2D eigenvalue weighted by atomic mass is 35.5. The number of hydrogen-bond donors (Lipinski definition) is 2. The lowest BCUT2D eigenvalue weighted by molar-refractivity contribution is 0.262. The summed E-state index contributed by atoms with van der Waals surface area (Å²) in [6.07, 6.45) is 1.70. The molecule has 0 saturated carbocycles. The maximum atomic E-state index is 12.4. The zero-order chi connectivity index (χ0) is 18.6. The van der Waals surface area contributed by atoms with Gasteiger partial charge in [-0.3, -0.25) is 10.00 Å². The number of halogens is 1. The molecule has 1 aromatic heterocycles. The molecule has 0 fully saturated rings. The number of amides is 2. The fourth-order valence-corrected chi connectivity index (χ4v) is 3.13. The van der Waals surface area contributed by atoms with Crippen molar-refractivity contribution >= 4 is 39.9 Å². The van der Waals surface area contributed by atoms with Crippen LogP contribution in [-0.4, -0.2) is 15.8 Å². The van der Waals surface area contributed by atoms with Gasteiger partial charge in [-0.1, -0.05) is 78.3 Å². The van der Waals surface area contributed by atoms with Gasteiger partial charge in [0.25, 0.3) is 0 Å². The molecular weight excluding hydrogens is 360 g/mol. The average molecular weight is 377 g/mol. The standard InChI is InChI=1S/C21H17ClN4O/c22-18-14-26(13-15-7-2-1-3-8-15)25-20(18)24-21(27)23-19-12-6-10-16-9-4-5-11-17(16)19/h1-12,14H,13H2,(H2,23,24,25,27). The summed E-state index contributed by atoms with van der Waals surface area (Å²) in [6, 6.07) is 23.2. The Morgan fingerprint density at radius 1 is 0.926 bits per heavy atom. The van der Waals surface area contributed by atoms with Gasteiger partial charge in [-0.15, -0.1) is 0 Å². The van der Waals surface area contributed by atoms with Gasteiger partial charge in [0.15, 0.2) is 5.82 Å². The monoisotopic (exact) mass is 376 g/mol. The number of fused-ring (bicyclic) bond motifs is 1. The van der Waals surface area contributed by atoms with Crippen LogP contribution in [-0.2, 0) is 6.54 Å². The molecule has 0 aliphatic carbocycles. The second-order valence-corrected chi connectivity index (χ2v) is 6.52. The first-order valence-corrected chi connectivity index (χ1v) is 8.89. The van der Waals surface area contributed by atoms with Crippen LogP contribution in [0.15, 0.2) is 79.0 Å². The van der Waals surface area contributed by atoms with Crippen LogP contribution < -0.4 is 10.6 Å². The van der Waals surface area contributed by atoms with Gasteiger partial charge in [-0.2, -0.15) is 5.10 Å². The fourth-order valence-electron chi connectivity index (χ4n) is 2.93. The molecule has 0 bridgehead atoms. The number of nitrogens with zero attached hydrogens (tertiary/aromatic N) is 2. The number of nitrogens with one attached hydrogen (secondary N) is 2. The summed E-state index contributed by atoms with van der Waals surface area (Å²) in [4.78, 5) is 12.4. The zero-order valence-electron chi connectivity index (χ0n) is 14.4. The Kier molecular flexibility index (Phi) is 4.77. The van der Waals surface area contributed by atoms with Gasteiger partial charge in [-0.05, 0) is 17.0 Å². The Morgan fingerprint density at radius 2 is 1.67 bits per heavy atom. The van der Waals surface area contributed by atoms with Gasteiger partial charge in [0, 0.05) is 11.6 Å². The summed E-state index contributed by atoms with van der Waals surface area (Å²) in [5.41, 5.74) is 1.83. The Hall–Kier alpha value is -3.31. The molecule has 0 atom stereocenters. The summed E-state index contributed by atoms with van der Waals surface area (Å²) in [7, 11) is 0. The molecule has 5 nitrogen and oxygen atoms in total. The van der Waals surface area contributed by atoms with Crippen molar-refractivity contribution in [3.63, 3.8) is 0 Å². The number of urea groups is 1. The van der Waals surface area contributed by atoms with Crippen LogP contribution in [0.2, 0.25) is 5.02 Å². The van der Waals surface area contributed by atoms with Crippen LogP contribution in [0.5, 0.6) is 0 Å². The SMILES string of the molecule is O=C(Nc1nn(Cc2ccccc2)cc1Cl)Nc1cccc2ccccc12. The molecule has 1 heterocycles. The molecule has 3 aromatic carbocycles. The molecule has 4 aromatic rings. The largest absolute Gasteiger partial charge is 0.324 e. The van der Waals surface area contributed by atoms with Gasteiger partial charge in [0.2, 0.25) is 0 Å². The molecule has 0 saturated heterocycles. The zero-order valence-corrected chi connectivity index (χ0v) is 15.1. The summed E-state index contributed by atoms with van der Waals surface area (Å²) in [6.45, 7) is 0.577. The highest BCUT2D eigenvalue weighted by molar-refractivity contribution is 6.33. The molecule has 0 aliphatic heterocycles. The van der Waals surface area contributed by atoms with Crippen LogP contribution >= 0.6 is 11.6 Å². The summed E-state index contributed by atoms with van der Waals surface area (Å²) in [5.74, 6) is 0.324. The number of anilines is 2. The van der Waals surface area contributed by atoms with Crippen molar-refractivity contribution in [1.29, 1.82) is 0 Å². The normalized spacial score (nSPS) is 10.7. The highest BCUT2D eigenvalue weighted by Gasteiger charge is 2.12. The maximum absolute atomic E-state index is 12.4. The quantitative estimate of drug-likeness (QED) is 0.502. The highest BCUT2D eigenvalue weighted by Crippen LogP contribution is 2.24. The van der Waals surface area contributed by atoms with Crippen molar-refractivity contribution in [2.45, 2.75) is 6.54 Å². The van der Waals surface area contributed by atoms with E-state index in [0.717, 1.165) is 22.0 Å². The molecule has 0 spiro atoms. The first-order valence-electron chi connectivity index (χ1n) is 8.52. The van der Waals surface area contributed by atoms with Gasteiger partial charge in [0.1, 0.15) is 5.02 Å². The topological polar surface area (TPSA) is 59.0 Å². The summed E-state index contributed by atoms with van der Waals surface area (Å²) >= 11 is 6.23. The summed E-state index contributed by atoms with van der Waals surface area (Å²) < 4.78 is 1.70. The van der Waals surface area contributed by atoms with Crippen molar-refractivity contribution in [3.8, 4) is 0 Å². The average Bonchev–Trinajstić information content (AvgIpc) is 3.01. The van der Waals surface area contributed by atoms with Crippen LogP contribution in [0.4, 0.5) is 16.3 Å². The second-order valence-electron chi connectivity index (χ2n) is 6.11. The predicted octanol–water partition coefficient (Wildman–Crippen LogP) is 5.38. The number of carbonyl (C=O) groups excluding carboxylic acids is 1. The van der Waals surface area contributed by atoms with E-state index in [1.807, 2.05) is 72.8 Å². The molecule has 0 radical (unpaired) electrons. The first-order chi connectivity index (χ1) is 13.2. The van der Waals surface area contributed by atoms with E-state index in [1.54, 1.807) is 10.9 Å². The van der Waals surface area contributed by atoms with E-state index >= 15 is 0 Å². The number of hydrogen-bond acceptors (Lipinski definition) is 2. The minimum absolute atomic E-state index is 0.324. The third-order valence-corrected chi connectivity index (χ3v) is 4.45. The lowest BCUT2D eigenvalue weighted by Crippen LogP contribution is -2.20. The Balaban J connectivity index is 1.48. The lowest BCUT2D eigenvalue weighted by Gasteiger charge is -2.09. The molecule has 0 unspecified atom stereocenters. The van der Waals surface area contributed by atoms with E-state index in [4.69, 9.17) is 11.6 Å². The molecule has 27 heavy (non-hydrogen) atoms. The van der Waals surface area contributed by atoms with Crippen LogP contribution in [0.1, 0.15) is 5.56 Å². The number of rotatable bonds is 4. The Morgan fingerprint density at radius 3 is 2.52 bits per heavy atom. The molecular formula is C21H17ClN4O. The molecule has 0 aliphatic rings. The van der Waals surface area contributed by atoms with Crippen molar-refractivity contribution in [2.75, 3.05) is 10.6 Å². The molecule has 2 amide bonds. The number of aromatic nitrogens is 2. The third kappa shape index (κ3) is 3.93. The lowest BCUT2D eigenvalue weighted by atomic mass is 10.1. The van der Waals surface area contributed by atoms with Gasteiger partial charge >= 0.3 is 6.03 Å². The van der Waals surface area contributed by atoms with Crippen molar-refractivity contribution in [2.24, 2.45) is 0 Å². The minimum atomic E-state index is -0.391. The van der Waals surface area contributed by atoms with E-state index in [9.17, 15) is 4.79 Å². The van der Waals surface area contributed by atoms with Crippen LogP contribution in [0, 0.1) is 0 Å². The van der Waals surface area contributed by atoms with Gasteiger partial charge in [-0.25, -0.2) is 4.79 Å². The summed E-state index contributed by atoms with van der Waals surface area (Å²) in [5, 5.41) is 12.4.